The number of thiazole rings is 1. The van der Waals surface area contributed by atoms with E-state index >= 15 is 0 Å². The molecule has 2 heterocycles. The van der Waals surface area contributed by atoms with Crippen LogP contribution in [0, 0.1) is 6.92 Å². The average Bonchev–Trinajstić information content (AvgIpc) is 3.26. The van der Waals surface area contributed by atoms with Gasteiger partial charge < -0.3 is 16.0 Å². The van der Waals surface area contributed by atoms with E-state index in [2.05, 4.69) is 36.9 Å². The first-order chi connectivity index (χ1) is 13.4. The number of aryl methyl sites for hydroxylation is 1. The van der Waals surface area contributed by atoms with Crippen LogP contribution in [0.5, 0.6) is 0 Å². The number of benzene rings is 1. The minimum Gasteiger partial charge on any atom is -0.355 e. The highest BCUT2D eigenvalue weighted by Gasteiger charge is 2.24. The molecule has 1 saturated heterocycles. The molecule has 148 valence electrons. The minimum atomic E-state index is -0.214. The molecule has 4 amide bonds. The zero-order valence-electron chi connectivity index (χ0n) is 15.3. The van der Waals surface area contributed by atoms with Crippen molar-refractivity contribution in [1.82, 2.24) is 15.6 Å². The summed E-state index contributed by atoms with van der Waals surface area (Å²) in [5, 5.41) is 10.6. The van der Waals surface area contributed by atoms with Crippen molar-refractivity contribution in [2.24, 2.45) is 0 Å². The second-order valence-electron chi connectivity index (χ2n) is 6.29. The van der Waals surface area contributed by atoms with Crippen molar-refractivity contribution < 1.29 is 14.4 Å². The molecule has 28 heavy (non-hydrogen) atoms. The highest BCUT2D eigenvalue weighted by molar-refractivity contribution is 9.10. The Morgan fingerprint density at radius 3 is 2.93 bits per heavy atom. The van der Waals surface area contributed by atoms with Crippen LogP contribution in [0.4, 0.5) is 15.6 Å². The molecule has 0 unspecified atom stereocenters. The topological polar surface area (TPSA) is 103 Å². The first-order valence-electron chi connectivity index (χ1n) is 8.75. The largest absolute Gasteiger partial charge is 0.355 e. The lowest BCUT2D eigenvalue weighted by molar-refractivity contribution is -0.120. The lowest BCUT2D eigenvalue weighted by Gasteiger charge is -2.09. The van der Waals surface area contributed by atoms with Crippen LogP contribution in [0.1, 0.15) is 17.7 Å². The SMILES string of the molecule is Cc1ccc(Br)cc1NC(=O)CCNC(=O)Cc1csc(N2CCNC2=O)n1. The zero-order chi connectivity index (χ0) is 20.1. The van der Waals surface area contributed by atoms with Gasteiger partial charge in [-0.05, 0) is 24.6 Å². The van der Waals surface area contributed by atoms with E-state index in [1.807, 2.05) is 25.1 Å². The second-order valence-corrected chi connectivity index (χ2v) is 8.04. The first kappa shape index (κ1) is 20.3. The average molecular weight is 466 g/mol. The Hall–Kier alpha value is -2.46. The maximum Gasteiger partial charge on any atom is 0.323 e. The van der Waals surface area contributed by atoms with Gasteiger partial charge in [0.2, 0.25) is 11.8 Å². The molecular weight excluding hydrogens is 446 g/mol. The fourth-order valence-electron chi connectivity index (χ4n) is 2.64. The molecule has 1 aromatic carbocycles. The third-order valence-corrected chi connectivity index (χ3v) is 5.52. The maximum absolute atomic E-state index is 12.1. The highest BCUT2D eigenvalue weighted by Crippen LogP contribution is 2.22. The molecule has 8 nitrogen and oxygen atoms in total. The van der Waals surface area contributed by atoms with Crippen molar-refractivity contribution in [2.75, 3.05) is 29.9 Å². The summed E-state index contributed by atoms with van der Waals surface area (Å²) in [7, 11) is 0. The van der Waals surface area contributed by atoms with Gasteiger partial charge in [0, 0.05) is 41.6 Å². The van der Waals surface area contributed by atoms with Gasteiger partial charge in [-0.25, -0.2) is 9.78 Å². The van der Waals surface area contributed by atoms with Gasteiger partial charge in [0.05, 0.1) is 12.1 Å². The van der Waals surface area contributed by atoms with Gasteiger partial charge in [0.1, 0.15) is 0 Å². The lowest BCUT2D eigenvalue weighted by atomic mass is 10.2. The molecule has 0 aliphatic carbocycles. The molecule has 0 saturated carbocycles. The number of aromatic nitrogens is 1. The maximum atomic E-state index is 12.1. The third kappa shape index (κ3) is 5.29. The predicted molar refractivity (Wildman–Crippen MR) is 112 cm³/mol. The van der Waals surface area contributed by atoms with Gasteiger partial charge in [0.25, 0.3) is 0 Å². The molecule has 3 N–H and O–H groups in total. The Kier molecular flexibility index (Phi) is 6.63. The summed E-state index contributed by atoms with van der Waals surface area (Å²) in [6.07, 6.45) is 0.284. The van der Waals surface area contributed by atoms with Crippen molar-refractivity contribution in [3.63, 3.8) is 0 Å². The van der Waals surface area contributed by atoms with E-state index in [-0.39, 0.29) is 37.2 Å². The number of amides is 4. The van der Waals surface area contributed by atoms with Crippen LogP contribution < -0.4 is 20.9 Å². The van der Waals surface area contributed by atoms with E-state index in [0.29, 0.717) is 23.9 Å². The van der Waals surface area contributed by atoms with E-state index < -0.39 is 0 Å². The summed E-state index contributed by atoms with van der Waals surface area (Å²) >= 11 is 4.71. The molecule has 10 heteroatoms. The molecule has 0 atom stereocenters. The Morgan fingerprint density at radius 1 is 1.36 bits per heavy atom. The van der Waals surface area contributed by atoms with Crippen LogP contribution in [0.3, 0.4) is 0 Å². The molecule has 2 aromatic rings. The Morgan fingerprint density at radius 2 is 2.18 bits per heavy atom. The minimum absolute atomic E-state index is 0.109. The number of nitrogens with one attached hydrogen (secondary N) is 3. The van der Waals surface area contributed by atoms with Crippen LogP contribution in [0.15, 0.2) is 28.1 Å². The standard InChI is InChI=1S/C18H20BrN5O3S/c1-11-2-3-12(19)8-14(11)23-15(25)4-5-20-16(26)9-13-10-28-18(22-13)24-7-6-21-17(24)27/h2-3,8,10H,4-7,9H2,1H3,(H,20,26)(H,21,27)(H,23,25). The summed E-state index contributed by atoms with van der Waals surface area (Å²) in [6, 6.07) is 5.49. The second kappa shape index (κ2) is 9.16. The lowest BCUT2D eigenvalue weighted by Crippen LogP contribution is -2.29. The first-order valence-corrected chi connectivity index (χ1v) is 10.4. The van der Waals surface area contributed by atoms with Crippen LogP contribution in [-0.4, -0.2) is 42.5 Å². The van der Waals surface area contributed by atoms with Crippen molar-refractivity contribution in [3.8, 4) is 0 Å². The monoisotopic (exact) mass is 465 g/mol. The van der Waals surface area contributed by atoms with Crippen LogP contribution in [-0.2, 0) is 16.0 Å². The number of halogens is 1. The van der Waals surface area contributed by atoms with Crippen molar-refractivity contribution >= 4 is 55.9 Å². The summed E-state index contributed by atoms with van der Waals surface area (Å²) < 4.78 is 0.885. The molecule has 1 aliphatic rings. The Balaban J connectivity index is 1.42. The molecule has 1 fully saturated rings. The number of rotatable bonds is 7. The van der Waals surface area contributed by atoms with Gasteiger partial charge >= 0.3 is 6.03 Å². The fourth-order valence-corrected chi connectivity index (χ4v) is 3.85. The van der Waals surface area contributed by atoms with Gasteiger partial charge in [-0.1, -0.05) is 22.0 Å². The van der Waals surface area contributed by atoms with Crippen LogP contribution in [0.2, 0.25) is 0 Å². The number of urea groups is 1. The molecule has 3 rings (SSSR count). The molecular formula is C18H20BrN5O3S. The summed E-state index contributed by atoms with van der Waals surface area (Å²) in [5.41, 5.74) is 2.31. The summed E-state index contributed by atoms with van der Waals surface area (Å²) in [6.45, 7) is 3.32. The number of hydrogen-bond donors (Lipinski definition) is 3. The molecule has 0 bridgehead atoms. The smallest absolute Gasteiger partial charge is 0.323 e. The zero-order valence-corrected chi connectivity index (χ0v) is 17.7. The summed E-state index contributed by atoms with van der Waals surface area (Å²) in [5.74, 6) is -0.383. The number of hydrogen-bond acceptors (Lipinski definition) is 5. The normalized spacial score (nSPS) is 13.4. The van der Waals surface area contributed by atoms with Gasteiger partial charge in [-0.15, -0.1) is 11.3 Å². The number of nitrogens with zero attached hydrogens (tertiary/aromatic N) is 2. The molecule has 1 aliphatic heterocycles. The van der Waals surface area contributed by atoms with Gasteiger partial charge in [0.15, 0.2) is 5.13 Å². The van der Waals surface area contributed by atoms with Gasteiger partial charge in [-0.2, -0.15) is 0 Å². The van der Waals surface area contributed by atoms with E-state index in [9.17, 15) is 14.4 Å². The Bertz CT molecular complexity index is 901. The number of carbonyl (C=O) groups is 3. The van der Waals surface area contributed by atoms with E-state index in [1.54, 1.807) is 10.3 Å². The van der Waals surface area contributed by atoms with Crippen molar-refractivity contribution in [2.45, 2.75) is 19.8 Å². The van der Waals surface area contributed by atoms with Crippen molar-refractivity contribution in [1.29, 1.82) is 0 Å². The predicted octanol–water partition coefficient (Wildman–Crippen LogP) is 2.43. The van der Waals surface area contributed by atoms with Crippen LogP contribution >= 0.6 is 27.3 Å². The van der Waals surface area contributed by atoms with E-state index in [4.69, 9.17) is 0 Å². The quantitative estimate of drug-likeness (QED) is 0.583. The summed E-state index contributed by atoms with van der Waals surface area (Å²) in [4.78, 5) is 41.7. The Labute approximate surface area is 174 Å². The fraction of sp³-hybridized carbons (Fsp3) is 0.333. The molecule has 0 spiro atoms. The number of anilines is 2. The van der Waals surface area contributed by atoms with Crippen LogP contribution in [0.25, 0.3) is 0 Å². The molecule has 0 radical (unpaired) electrons. The highest BCUT2D eigenvalue weighted by atomic mass is 79.9. The van der Waals surface area contributed by atoms with Crippen molar-refractivity contribution in [3.05, 3.63) is 39.3 Å². The van der Waals surface area contributed by atoms with Gasteiger partial charge in [-0.3, -0.25) is 14.5 Å². The number of carbonyl (C=O) groups excluding carboxylic acids is 3. The molecule has 1 aromatic heterocycles. The van der Waals surface area contributed by atoms with E-state index in [1.165, 1.54) is 11.3 Å². The van der Waals surface area contributed by atoms with E-state index in [0.717, 1.165) is 15.7 Å². The third-order valence-electron chi connectivity index (χ3n) is 4.12.